The van der Waals surface area contributed by atoms with Gasteiger partial charge in [-0.2, -0.15) is 11.8 Å². The largest absolute Gasteiger partial charge is 0.508 e. The first-order valence-electron chi connectivity index (χ1n) is 9.65. The number of rotatable bonds is 5. The number of benzene rings is 1. The lowest BCUT2D eigenvalue weighted by Crippen LogP contribution is -2.54. The number of cyclic esters (lactones) is 1. The second-order valence-corrected chi connectivity index (χ2v) is 7.98. The van der Waals surface area contributed by atoms with Crippen LogP contribution >= 0.6 is 11.8 Å². The number of phenols is 2. The fraction of sp³-hybridized carbons (Fsp3) is 0.500. The highest BCUT2D eigenvalue weighted by Crippen LogP contribution is 2.35. The molecule has 1 aliphatic rings. The molecule has 0 aliphatic carbocycles. The number of ether oxygens (including phenoxy) is 3. The van der Waals surface area contributed by atoms with Gasteiger partial charge in [0.1, 0.15) is 30.2 Å². The molecule has 0 unspecified atom stereocenters. The van der Waals surface area contributed by atoms with E-state index >= 15 is 0 Å². The molecule has 0 radical (unpaired) electrons. The number of nitrogens with one attached hydrogen (secondary N) is 2. The molecule has 0 saturated carbocycles. The van der Waals surface area contributed by atoms with Gasteiger partial charge in [-0.1, -0.05) is 0 Å². The number of hydrogen-bond acceptors (Lipinski definition) is 10. The molecule has 2 amide bonds. The summed E-state index contributed by atoms with van der Waals surface area (Å²) in [6.45, 7) is 1.06. The summed E-state index contributed by atoms with van der Waals surface area (Å²) in [4.78, 5) is 49.8. The molecule has 2 atom stereocenters. The molecular formula is C20H26N2O9S. The number of thioether (sulfide) groups is 1. The zero-order chi connectivity index (χ0) is 23.8. The molecule has 1 heterocycles. The van der Waals surface area contributed by atoms with E-state index in [9.17, 15) is 29.4 Å². The molecule has 0 saturated heterocycles. The normalized spacial score (nSPS) is 19.5. The van der Waals surface area contributed by atoms with Crippen LogP contribution < -0.4 is 10.6 Å². The smallest absolute Gasteiger partial charge is 0.339 e. The monoisotopic (exact) mass is 470 g/mol. The number of carbonyl (C=O) groups excluding carboxylic acids is 4. The molecule has 11 nitrogen and oxygen atoms in total. The van der Waals surface area contributed by atoms with Crippen molar-refractivity contribution in [1.82, 2.24) is 10.6 Å². The minimum Gasteiger partial charge on any atom is -0.508 e. The lowest BCUT2D eigenvalue weighted by atomic mass is 10.0. The summed E-state index contributed by atoms with van der Waals surface area (Å²) in [6.07, 6.45) is -0.0335. The third-order valence-electron chi connectivity index (χ3n) is 4.75. The Morgan fingerprint density at radius 2 is 2.00 bits per heavy atom. The molecule has 1 aromatic carbocycles. The maximum absolute atomic E-state index is 12.8. The van der Waals surface area contributed by atoms with Gasteiger partial charge in [0.25, 0.3) is 0 Å². The predicted octanol–water partition coefficient (Wildman–Crippen LogP) is -0.0111. The Balaban J connectivity index is 2.40. The van der Waals surface area contributed by atoms with Crippen LogP contribution in [-0.4, -0.2) is 79.2 Å². The number of phenolic OH excluding ortho intramolecular Hbond substituents is 2. The number of aromatic hydroxyl groups is 2. The van der Waals surface area contributed by atoms with Crippen LogP contribution in [0, 0.1) is 6.92 Å². The minimum absolute atomic E-state index is 0.0335. The molecule has 4 N–H and O–H groups in total. The van der Waals surface area contributed by atoms with Gasteiger partial charge in [-0.15, -0.1) is 0 Å². The van der Waals surface area contributed by atoms with Crippen molar-refractivity contribution < 1.29 is 43.6 Å². The summed E-state index contributed by atoms with van der Waals surface area (Å²) < 4.78 is 14.8. The highest BCUT2D eigenvalue weighted by molar-refractivity contribution is 7.98. The lowest BCUT2D eigenvalue weighted by Gasteiger charge is -2.24. The molecule has 0 fully saturated rings. The van der Waals surface area contributed by atoms with E-state index < -0.39 is 42.4 Å². The minimum atomic E-state index is -1.30. The summed E-state index contributed by atoms with van der Waals surface area (Å²) in [5, 5.41) is 25.3. The van der Waals surface area contributed by atoms with E-state index in [2.05, 4.69) is 10.6 Å². The van der Waals surface area contributed by atoms with Gasteiger partial charge in [-0.3, -0.25) is 9.59 Å². The molecular weight excluding hydrogens is 444 g/mol. The quantitative estimate of drug-likeness (QED) is 0.431. The highest BCUT2D eigenvalue weighted by Gasteiger charge is 2.31. The van der Waals surface area contributed by atoms with E-state index in [1.165, 1.54) is 21.1 Å². The van der Waals surface area contributed by atoms with Crippen LogP contribution in [0.25, 0.3) is 0 Å². The van der Waals surface area contributed by atoms with Gasteiger partial charge < -0.3 is 35.1 Å². The molecule has 176 valence electrons. The Bertz CT molecular complexity index is 890. The van der Waals surface area contributed by atoms with E-state index in [0.717, 1.165) is 17.8 Å². The van der Waals surface area contributed by atoms with E-state index in [0.29, 0.717) is 0 Å². The third kappa shape index (κ3) is 6.26. The van der Waals surface area contributed by atoms with Crippen molar-refractivity contribution in [2.45, 2.75) is 31.2 Å². The van der Waals surface area contributed by atoms with Crippen LogP contribution in [0.4, 0.5) is 0 Å². The van der Waals surface area contributed by atoms with Gasteiger partial charge in [0.2, 0.25) is 11.8 Å². The van der Waals surface area contributed by atoms with Gasteiger partial charge >= 0.3 is 11.9 Å². The first kappa shape index (κ1) is 25.3. The first-order valence-corrected chi connectivity index (χ1v) is 10.8. The zero-order valence-corrected chi connectivity index (χ0v) is 18.7. The van der Waals surface area contributed by atoms with Crippen molar-refractivity contribution in [3.8, 4) is 11.5 Å². The van der Waals surface area contributed by atoms with Gasteiger partial charge in [-0.05, 0) is 6.92 Å². The zero-order valence-electron chi connectivity index (χ0n) is 17.9. The summed E-state index contributed by atoms with van der Waals surface area (Å²) in [5.74, 6) is -3.29. The maximum Gasteiger partial charge on any atom is 0.339 e. The van der Waals surface area contributed by atoms with E-state index in [1.807, 2.05) is 0 Å². The Labute approximate surface area is 188 Å². The molecule has 2 rings (SSSR count). The third-order valence-corrected chi connectivity index (χ3v) is 5.81. The summed E-state index contributed by atoms with van der Waals surface area (Å²) in [5.41, 5.74) is 0.358. The second kappa shape index (κ2) is 11.6. The Morgan fingerprint density at radius 3 is 2.66 bits per heavy atom. The summed E-state index contributed by atoms with van der Waals surface area (Å²) >= 11 is 1.15. The van der Waals surface area contributed by atoms with Gasteiger partial charge in [-0.25, -0.2) is 9.59 Å². The molecule has 32 heavy (non-hydrogen) atoms. The molecule has 1 aliphatic heterocycles. The molecule has 0 bridgehead atoms. The Kier molecular flexibility index (Phi) is 9.14. The average Bonchev–Trinajstić information content (AvgIpc) is 2.76. The average molecular weight is 471 g/mol. The number of carbonyl (C=O) groups is 4. The topological polar surface area (TPSA) is 160 Å². The van der Waals surface area contributed by atoms with Crippen molar-refractivity contribution in [2.24, 2.45) is 0 Å². The first-order chi connectivity index (χ1) is 15.2. The van der Waals surface area contributed by atoms with Crippen LogP contribution in [0.3, 0.4) is 0 Å². The van der Waals surface area contributed by atoms with Gasteiger partial charge in [0.05, 0.1) is 19.3 Å². The number of esters is 2. The molecule has 1 aromatic rings. The van der Waals surface area contributed by atoms with Gasteiger partial charge in [0.15, 0.2) is 0 Å². The summed E-state index contributed by atoms with van der Waals surface area (Å²) in [7, 11) is 2.59. The van der Waals surface area contributed by atoms with Crippen LogP contribution in [0.2, 0.25) is 0 Å². The standard InChI is InChI=1S/C20H26N2O9S/c1-10-14(23)6-15(24)11-8-32-9-13(19(27)30-3)22-18(26)12(7-31-20(28)17(10)11)21-16(25)4-5-29-2/h6,12-13,23-24H,4-5,7-9H2,1-3H3,(H,21,25)(H,22,26)/t12-,13-/m0/s1. The highest BCUT2D eigenvalue weighted by atomic mass is 32.2. The predicted molar refractivity (Wildman–Crippen MR) is 113 cm³/mol. The fourth-order valence-corrected chi connectivity index (χ4v) is 4.04. The van der Waals surface area contributed by atoms with Crippen molar-refractivity contribution >= 4 is 35.5 Å². The van der Waals surface area contributed by atoms with Crippen LogP contribution in [0.5, 0.6) is 11.5 Å². The van der Waals surface area contributed by atoms with Crippen molar-refractivity contribution in [3.05, 3.63) is 22.8 Å². The van der Waals surface area contributed by atoms with E-state index in [4.69, 9.17) is 14.2 Å². The number of amides is 2. The fourth-order valence-electron chi connectivity index (χ4n) is 2.97. The van der Waals surface area contributed by atoms with Crippen LogP contribution in [-0.2, 0) is 34.3 Å². The van der Waals surface area contributed by atoms with Crippen molar-refractivity contribution in [3.63, 3.8) is 0 Å². The van der Waals surface area contributed by atoms with E-state index in [1.54, 1.807) is 0 Å². The van der Waals surface area contributed by atoms with E-state index in [-0.39, 0.29) is 52.7 Å². The van der Waals surface area contributed by atoms with Crippen molar-refractivity contribution in [2.75, 3.05) is 33.2 Å². The molecule has 12 heteroatoms. The lowest BCUT2D eigenvalue weighted by molar-refractivity contribution is -0.144. The number of fused-ring (bicyclic) bond motifs is 1. The van der Waals surface area contributed by atoms with Crippen LogP contribution in [0.1, 0.15) is 27.9 Å². The number of hydrogen-bond donors (Lipinski definition) is 4. The SMILES string of the molecule is COCCC(=O)N[C@H]1COC(=O)c2c(C)c(O)cc(O)c2CSC[C@@H](C(=O)OC)NC1=O. The second-order valence-electron chi connectivity index (χ2n) is 6.95. The van der Waals surface area contributed by atoms with Gasteiger partial charge in [0, 0.05) is 42.2 Å². The maximum atomic E-state index is 12.8. The van der Waals surface area contributed by atoms with Crippen molar-refractivity contribution in [1.29, 1.82) is 0 Å². The Hall–Kier alpha value is -2.99. The Morgan fingerprint density at radius 1 is 1.28 bits per heavy atom. The summed E-state index contributed by atoms with van der Waals surface area (Å²) in [6, 6.07) is -1.23. The number of methoxy groups -OCH3 is 2. The van der Waals surface area contributed by atoms with Crippen LogP contribution in [0.15, 0.2) is 6.07 Å². The molecule has 0 spiro atoms. The molecule has 0 aromatic heterocycles.